The van der Waals surface area contributed by atoms with Gasteiger partial charge in [0.05, 0.1) is 11.9 Å². The smallest absolute Gasteiger partial charge is 0.147 e. The summed E-state index contributed by atoms with van der Waals surface area (Å²) in [4.78, 5) is 11.4. The van der Waals surface area contributed by atoms with E-state index >= 15 is 0 Å². The number of hydrogen-bond donors (Lipinski definition) is 1. The molecule has 4 nitrogen and oxygen atoms in total. The van der Waals surface area contributed by atoms with Gasteiger partial charge < -0.3 is 10.2 Å². The molecule has 1 aromatic heterocycles. The van der Waals surface area contributed by atoms with E-state index in [0.717, 1.165) is 49.9 Å². The van der Waals surface area contributed by atoms with Crippen molar-refractivity contribution >= 4 is 17.6 Å². The molecule has 1 fully saturated rings. The van der Waals surface area contributed by atoms with E-state index < -0.39 is 0 Å². The minimum absolute atomic E-state index is 0.302. The van der Waals surface area contributed by atoms with E-state index in [2.05, 4.69) is 36.0 Å². The summed E-state index contributed by atoms with van der Waals surface area (Å²) < 4.78 is 0.302. The molecule has 0 aliphatic carbocycles. The second kappa shape index (κ2) is 6.57. The summed E-state index contributed by atoms with van der Waals surface area (Å²) >= 11 is 2.04. The second-order valence-electron chi connectivity index (χ2n) is 5.58. The molecule has 5 heteroatoms. The van der Waals surface area contributed by atoms with Crippen LogP contribution in [0.4, 0.5) is 5.82 Å². The Kier molecular flexibility index (Phi) is 5.05. The molecule has 19 heavy (non-hydrogen) atoms. The van der Waals surface area contributed by atoms with Crippen LogP contribution >= 0.6 is 11.8 Å². The van der Waals surface area contributed by atoms with Crippen LogP contribution in [0.5, 0.6) is 0 Å². The molecule has 2 rings (SSSR count). The first kappa shape index (κ1) is 14.6. The van der Waals surface area contributed by atoms with E-state index in [4.69, 9.17) is 4.98 Å². The predicted molar refractivity (Wildman–Crippen MR) is 82.8 cm³/mol. The number of thioether (sulfide) groups is 1. The maximum absolute atomic E-state index is 4.73. The van der Waals surface area contributed by atoms with Crippen LogP contribution in [0.2, 0.25) is 0 Å². The Bertz CT molecular complexity index is 408. The van der Waals surface area contributed by atoms with Crippen molar-refractivity contribution in [3.8, 4) is 0 Å². The maximum atomic E-state index is 4.73. The Morgan fingerprint density at radius 1 is 1.42 bits per heavy atom. The molecule has 0 radical (unpaired) electrons. The third kappa shape index (κ3) is 4.35. The summed E-state index contributed by atoms with van der Waals surface area (Å²) in [6, 6.07) is 0. The van der Waals surface area contributed by atoms with Crippen LogP contribution in [0.15, 0.2) is 12.4 Å². The van der Waals surface area contributed by atoms with Crippen molar-refractivity contribution in [2.24, 2.45) is 0 Å². The SMILES string of the molecule is CCCNCc1cncc(N2CCSC(C)(C)C2)n1. The van der Waals surface area contributed by atoms with Gasteiger partial charge in [0, 0.05) is 36.3 Å². The zero-order chi connectivity index (χ0) is 13.7. The van der Waals surface area contributed by atoms with Crippen LogP contribution in [0.25, 0.3) is 0 Å². The highest BCUT2D eigenvalue weighted by molar-refractivity contribution is 8.00. The first-order chi connectivity index (χ1) is 9.11. The molecule has 0 aromatic carbocycles. The molecule has 0 amide bonds. The lowest BCUT2D eigenvalue weighted by molar-refractivity contribution is 0.633. The van der Waals surface area contributed by atoms with Crippen molar-refractivity contribution in [3.05, 3.63) is 18.1 Å². The Morgan fingerprint density at radius 2 is 2.26 bits per heavy atom. The number of hydrogen-bond acceptors (Lipinski definition) is 5. The monoisotopic (exact) mass is 280 g/mol. The number of anilines is 1. The Balaban J connectivity index is 2.01. The predicted octanol–water partition coefficient (Wildman–Crippen LogP) is 2.31. The average Bonchev–Trinajstić information content (AvgIpc) is 2.38. The Morgan fingerprint density at radius 3 is 3.00 bits per heavy atom. The molecular formula is C14H24N4S. The number of nitrogens with zero attached hydrogens (tertiary/aromatic N) is 3. The normalized spacial score (nSPS) is 18.6. The molecule has 0 bridgehead atoms. The minimum atomic E-state index is 0.302. The summed E-state index contributed by atoms with van der Waals surface area (Å²) in [5.74, 6) is 2.18. The molecule has 2 heterocycles. The molecule has 0 spiro atoms. The highest BCUT2D eigenvalue weighted by Crippen LogP contribution is 2.31. The molecule has 1 N–H and O–H groups in total. The van der Waals surface area contributed by atoms with Gasteiger partial charge >= 0.3 is 0 Å². The van der Waals surface area contributed by atoms with Crippen molar-refractivity contribution in [2.75, 3.05) is 30.3 Å². The zero-order valence-electron chi connectivity index (χ0n) is 12.1. The maximum Gasteiger partial charge on any atom is 0.147 e. The summed E-state index contributed by atoms with van der Waals surface area (Å²) in [7, 11) is 0. The van der Waals surface area contributed by atoms with Crippen molar-refractivity contribution in [1.82, 2.24) is 15.3 Å². The lowest BCUT2D eigenvalue weighted by Crippen LogP contribution is -2.43. The number of aromatic nitrogens is 2. The summed E-state index contributed by atoms with van der Waals surface area (Å²) in [5, 5.41) is 3.37. The van der Waals surface area contributed by atoms with E-state index in [1.165, 1.54) is 0 Å². The first-order valence-electron chi connectivity index (χ1n) is 7.01. The molecular weight excluding hydrogens is 256 g/mol. The van der Waals surface area contributed by atoms with Crippen molar-refractivity contribution in [3.63, 3.8) is 0 Å². The lowest BCUT2D eigenvalue weighted by Gasteiger charge is -2.38. The van der Waals surface area contributed by atoms with Gasteiger partial charge in [-0.25, -0.2) is 4.98 Å². The Labute approximate surface area is 120 Å². The van der Waals surface area contributed by atoms with Gasteiger partial charge in [-0.15, -0.1) is 0 Å². The molecule has 1 aliphatic heterocycles. The standard InChI is InChI=1S/C14H24N4S/c1-4-5-15-8-12-9-16-10-13(17-12)18-6-7-19-14(2,3)11-18/h9-10,15H,4-8,11H2,1-3H3. The van der Waals surface area contributed by atoms with Gasteiger partial charge in [-0.2, -0.15) is 11.8 Å². The molecule has 106 valence electrons. The van der Waals surface area contributed by atoms with Gasteiger partial charge in [0.2, 0.25) is 0 Å². The van der Waals surface area contributed by atoms with E-state index in [0.29, 0.717) is 4.75 Å². The van der Waals surface area contributed by atoms with Crippen LogP contribution in [0.1, 0.15) is 32.9 Å². The molecule has 0 unspecified atom stereocenters. The molecule has 0 atom stereocenters. The lowest BCUT2D eigenvalue weighted by atomic mass is 10.2. The average molecular weight is 280 g/mol. The summed E-state index contributed by atoms with van der Waals surface area (Å²) in [6.07, 6.45) is 4.88. The summed E-state index contributed by atoms with van der Waals surface area (Å²) in [5.41, 5.74) is 1.03. The minimum Gasteiger partial charge on any atom is -0.353 e. The van der Waals surface area contributed by atoms with Gasteiger partial charge in [0.25, 0.3) is 0 Å². The third-order valence-corrected chi connectivity index (χ3v) is 4.45. The van der Waals surface area contributed by atoms with Crippen LogP contribution in [-0.4, -0.2) is 40.1 Å². The van der Waals surface area contributed by atoms with Gasteiger partial charge in [-0.05, 0) is 26.8 Å². The number of nitrogens with one attached hydrogen (secondary N) is 1. The van der Waals surface area contributed by atoms with E-state index in [9.17, 15) is 0 Å². The van der Waals surface area contributed by atoms with E-state index in [-0.39, 0.29) is 0 Å². The number of rotatable bonds is 5. The molecule has 0 saturated carbocycles. The zero-order valence-corrected chi connectivity index (χ0v) is 13.0. The third-order valence-electron chi connectivity index (χ3n) is 3.15. The fraction of sp³-hybridized carbons (Fsp3) is 0.714. The summed E-state index contributed by atoms with van der Waals surface area (Å²) in [6.45, 7) is 10.7. The topological polar surface area (TPSA) is 41.1 Å². The van der Waals surface area contributed by atoms with Crippen molar-refractivity contribution < 1.29 is 0 Å². The van der Waals surface area contributed by atoms with Crippen LogP contribution in [0, 0.1) is 0 Å². The van der Waals surface area contributed by atoms with E-state index in [1.807, 2.05) is 24.2 Å². The van der Waals surface area contributed by atoms with Crippen molar-refractivity contribution in [2.45, 2.75) is 38.5 Å². The highest BCUT2D eigenvalue weighted by atomic mass is 32.2. The first-order valence-corrected chi connectivity index (χ1v) is 8.00. The molecule has 1 saturated heterocycles. The van der Waals surface area contributed by atoms with Crippen LogP contribution in [0.3, 0.4) is 0 Å². The quantitative estimate of drug-likeness (QED) is 0.838. The second-order valence-corrected chi connectivity index (χ2v) is 7.38. The van der Waals surface area contributed by atoms with Gasteiger partial charge in [-0.3, -0.25) is 4.98 Å². The Hall–Kier alpha value is -0.810. The highest BCUT2D eigenvalue weighted by Gasteiger charge is 2.27. The van der Waals surface area contributed by atoms with Crippen LogP contribution < -0.4 is 10.2 Å². The van der Waals surface area contributed by atoms with Gasteiger partial charge in [0.1, 0.15) is 5.82 Å². The van der Waals surface area contributed by atoms with Gasteiger partial charge in [0.15, 0.2) is 0 Å². The van der Waals surface area contributed by atoms with Gasteiger partial charge in [-0.1, -0.05) is 6.92 Å². The van der Waals surface area contributed by atoms with E-state index in [1.54, 1.807) is 0 Å². The fourth-order valence-corrected chi connectivity index (χ4v) is 3.35. The fourth-order valence-electron chi connectivity index (χ4n) is 2.24. The molecule has 1 aromatic rings. The van der Waals surface area contributed by atoms with Crippen LogP contribution in [-0.2, 0) is 6.54 Å². The largest absolute Gasteiger partial charge is 0.353 e. The molecule has 1 aliphatic rings. The van der Waals surface area contributed by atoms with Crippen molar-refractivity contribution in [1.29, 1.82) is 0 Å².